The molecular weight excluding hydrogens is 526 g/mol. The number of anilines is 1. The average Bonchev–Trinajstić information content (AvgIpc) is 2.85. The molecule has 40 heavy (non-hydrogen) atoms. The van der Waals surface area contributed by atoms with Crippen molar-refractivity contribution in [1.82, 2.24) is 10.2 Å². The Bertz CT molecular complexity index is 1170. The van der Waals surface area contributed by atoms with Gasteiger partial charge in [-0.05, 0) is 102 Å². The van der Waals surface area contributed by atoms with Crippen LogP contribution >= 0.6 is 11.8 Å². The Kier molecular flexibility index (Phi) is 11.5. The molecule has 0 fully saturated rings. The molecule has 220 valence electrons. The van der Waals surface area contributed by atoms with Crippen molar-refractivity contribution in [2.24, 2.45) is 0 Å². The molecule has 0 spiro atoms. The van der Waals surface area contributed by atoms with Crippen LogP contribution < -0.4 is 10.6 Å². The SMILES string of the molecule is CCC(C)(C)N(C(=O)C(CCSC)NC(=O)OC(C)(C)C)C(C(=O)Nc1c(C)cccc1C)c1cccc(O)c1. The van der Waals surface area contributed by atoms with E-state index in [1.165, 1.54) is 12.1 Å². The lowest BCUT2D eigenvalue weighted by atomic mass is 9.91. The number of phenols is 1. The standard InChI is InChI=1S/C31H45N3O5S/c1-10-31(7,8)34(28(37)24(17-18-40-9)32-29(38)39-30(4,5)6)26(22-15-12-16-23(35)19-22)27(36)33-25-20(2)13-11-14-21(25)3/h11-16,19,24,26,35H,10,17-18H2,1-9H3,(H,32,38)(H,33,36). The summed E-state index contributed by atoms with van der Waals surface area (Å²) in [4.78, 5) is 43.0. The number of phenolic OH excluding ortho intramolecular Hbond substituents is 1. The summed E-state index contributed by atoms with van der Waals surface area (Å²) in [5.41, 5.74) is 1.37. The van der Waals surface area contributed by atoms with Gasteiger partial charge in [0.05, 0.1) is 0 Å². The van der Waals surface area contributed by atoms with Gasteiger partial charge in [-0.3, -0.25) is 9.59 Å². The number of thioether (sulfide) groups is 1. The predicted molar refractivity (Wildman–Crippen MR) is 163 cm³/mol. The molecule has 2 aromatic rings. The van der Waals surface area contributed by atoms with Gasteiger partial charge in [0.1, 0.15) is 23.4 Å². The zero-order chi connectivity index (χ0) is 30.3. The van der Waals surface area contributed by atoms with Gasteiger partial charge < -0.3 is 25.4 Å². The maximum Gasteiger partial charge on any atom is 0.408 e. The van der Waals surface area contributed by atoms with Crippen LogP contribution in [0.25, 0.3) is 0 Å². The van der Waals surface area contributed by atoms with Crippen LogP contribution in [0.2, 0.25) is 0 Å². The van der Waals surface area contributed by atoms with Crippen LogP contribution in [0.3, 0.4) is 0 Å². The van der Waals surface area contributed by atoms with Crippen LogP contribution in [-0.4, -0.2) is 57.1 Å². The summed E-state index contributed by atoms with van der Waals surface area (Å²) in [7, 11) is 0. The lowest BCUT2D eigenvalue weighted by Gasteiger charge is -2.44. The molecule has 2 aromatic carbocycles. The van der Waals surface area contributed by atoms with Gasteiger partial charge in [-0.25, -0.2) is 4.79 Å². The Labute approximate surface area is 243 Å². The second kappa shape index (κ2) is 13.9. The summed E-state index contributed by atoms with van der Waals surface area (Å²) in [5, 5.41) is 16.2. The maximum absolute atomic E-state index is 14.5. The molecule has 2 atom stereocenters. The lowest BCUT2D eigenvalue weighted by Crippen LogP contribution is -2.59. The highest BCUT2D eigenvalue weighted by Gasteiger charge is 2.43. The minimum absolute atomic E-state index is 0.0186. The zero-order valence-electron chi connectivity index (χ0n) is 25.3. The summed E-state index contributed by atoms with van der Waals surface area (Å²) >= 11 is 1.56. The number of benzene rings is 2. The van der Waals surface area contributed by atoms with E-state index in [1.807, 2.05) is 59.1 Å². The number of carbonyl (C=O) groups excluding carboxylic acids is 3. The zero-order valence-corrected chi connectivity index (χ0v) is 26.1. The highest BCUT2D eigenvalue weighted by atomic mass is 32.2. The van der Waals surface area contributed by atoms with E-state index < -0.39 is 41.1 Å². The average molecular weight is 572 g/mol. The van der Waals surface area contributed by atoms with Gasteiger partial charge in [-0.2, -0.15) is 11.8 Å². The van der Waals surface area contributed by atoms with Crippen molar-refractivity contribution in [3.8, 4) is 5.75 Å². The van der Waals surface area contributed by atoms with Crippen LogP contribution in [0.1, 0.15) is 77.1 Å². The van der Waals surface area contributed by atoms with Gasteiger partial charge >= 0.3 is 6.09 Å². The molecule has 0 heterocycles. The highest BCUT2D eigenvalue weighted by molar-refractivity contribution is 7.98. The van der Waals surface area contributed by atoms with E-state index in [0.29, 0.717) is 29.8 Å². The number of nitrogens with one attached hydrogen (secondary N) is 2. The topological polar surface area (TPSA) is 108 Å². The molecule has 0 saturated heterocycles. The third-order valence-electron chi connectivity index (χ3n) is 6.78. The molecule has 0 saturated carbocycles. The molecule has 0 bridgehead atoms. The molecular formula is C31H45N3O5S. The molecule has 3 N–H and O–H groups in total. The number of nitrogens with zero attached hydrogens (tertiary/aromatic N) is 1. The van der Waals surface area contributed by atoms with Gasteiger partial charge in [-0.15, -0.1) is 0 Å². The Hall–Kier alpha value is -3.20. The van der Waals surface area contributed by atoms with Gasteiger partial charge in [0.2, 0.25) is 5.91 Å². The van der Waals surface area contributed by atoms with Gasteiger partial charge in [0, 0.05) is 11.2 Å². The van der Waals surface area contributed by atoms with Crippen molar-refractivity contribution < 1.29 is 24.2 Å². The summed E-state index contributed by atoms with van der Waals surface area (Å²) in [6, 6.07) is 10.1. The monoisotopic (exact) mass is 571 g/mol. The first-order valence-electron chi connectivity index (χ1n) is 13.6. The smallest absolute Gasteiger partial charge is 0.408 e. The fourth-order valence-corrected chi connectivity index (χ4v) is 4.84. The van der Waals surface area contributed by atoms with Crippen molar-refractivity contribution in [3.63, 3.8) is 0 Å². The van der Waals surface area contributed by atoms with E-state index in [0.717, 1.165) is 11.1 Å². The number of alkyl carbamates (subject to hydrolysis) is 1. The van der Waals surface area contributed by atoms with E-state index in [4.69, 9.17) is 4.74 Å². The fraction of sp³-hybridized carbons (Fsp3) is 0.516. The number of aryl methyl sites for hydroxylation is 2. The second-order valence-electron chi connectivity index (χ2n) is 11.6. The molecule has 2 unspecified atom stereocenters. The Morgan fingerprint density at radius 3 is 2.15 bits per heavy atom. The van der Waals surface area contributed by atoms with Crippen LogP contribution in [0, 0.1) is 13.8 Å². The quantitative estimate of drug-likeness (QED) is 0.290. The van der Waals surface area contributed by atoms with E-state index in [2.05, 4.69) is 10.6 Å². The van der Waals surface area contributed by atoms with E-state index in [-0.39, 0.29) is 5.75 Å². The minimum Gasteiger partial charge on any atom is -0.508 e. The summed E-state index contributed by atoms with van der Waals surface area (Å²) in [6.45, 7) is 14.8. The van der Waals surface area contributed by atoms with Gasteiger partial charge in [0.25, 0.3) is 5.91 Å². The van der Waals surface area contributed by atoms with E-state index in [9.17, 15) is 19.5 Å². The maximum atomic E-state index is 14.5. The number of amides is 3. The Balaban J connectivity index is 2.66. The van der Waals surface area contributed by atoms with E-state index in [1.54, 1.807) is 49.6 Å². The van der Waals surface area contributed by atoms with Crippen LogP contribution in [0.15, 0.2) is 42.5 Å². The first-order valence-corrected chi connectivity index (χ1v) is 15.0. The van der Waals surface area contributed by atoms with Crippen molar-refractivity contribution in [3.05, 3.63) is 59.2 Å². The molecule has 0 aliphatic carbocycles. The normalized spacial score (nSPS) is 13.2. The Morgan fingerprint density at radius 2 is 1.62 bits per heavy atom. The third-order valence-corrected chi connectivity index (χ3v) is 7.42. The van der Waals surface area contributed by atoms with Crippen molar-refractivity contribution >= 4 is 35.4 Å². The number of hydrogen-bond donors (Lipinski definition) is 3. The number of aromatic hydroxyl groups is 1. The molecule has 0 radical (unpaired) electrons. The molecule has 2 rings (SSSR count). The van der Waals surface area contributed by atoms with E-state index >= 15 is 0 Å². The number of ether oxygens (including phenoxy) is 1. The Morgan fingerprint density at radius 1 is 1.02 bits per heavy atom. The highest BCUT2D eigenvalue weighted by Crippen LogP contribution is 2.35. The van der Waals surface area contributed by atoms with Crippen molar-refractivity contribution in [1.29, 1.82) is 0 Å². The second-order valence-corrected chi connectivity index (χ2v) is 12.6. The van der Waals surface area contributed by atoms with Gasteiger partial charge in [0.15, 0.2) is 0 Å². The number of para-hydroxylation sites is 1. The molecule has 3 amide bonds. The molecule has 0 aromatic heterocycles. The third kappa shape index (κ3) is 8.91. The predicted octanol–water partition coefficient (Wildman–Crippen LogP) is 6.35. The fourth-order valence-electron chi connectivity index (χ4n) is 4.37. The number of rotatable bonds is 11. The summed E-state index contributed by atoms with van der Waals surface area (Å²) in [5.74, 6) is -0.233. The van der Waals surface area contributed by atoms with Crippen LogP contribution in [-0.2, 0) is 14.3 Å². The summed E-state index contributed by atoms with van der Waals surface area (Å²) in [6.07, 6.45) is 2.11. The molecule has 0 aliphatic heterocycles. The van der Waals surface area contributed by atoms with Crippen molar-refractivity contribution in [2.75, 3.05) is 17.3 Å². The van der Waals surface area contributed by atoms with Crippen molar-refractivity contribution in [2.45, 2.75) is 91.5 Å². The first-order chi connectivity index (χ1) is 18.6. The molecule has 0 aliphatic rings. The van der Waals surface area contributed by atoms with Crippen LogP contribution in [0.5, 0.6) is 5.75 Å². The lowest BCUT2D eigenvalue weighted by molar-refractivity contribution is -0.147. The number of carbonyl (C=O) groups is 3. The first kappa shape index (κ1) is 33.0. The summed E-state index contributed by atoms with van der Waals surface area (Å²) < 4.78 is 5.46. The van der Waals surface area contributed by atoms with Crippen LogP contribution in [0.4, 0.5) is 10.5 Å². The number of hydrogen-bond acceptors (Lipinski definition) is 6. The van der Waals surface area contributed by atoms with Gasteiger partial charge in [-0.1, -0.05) is 37.3 Å². The molecule has 8 nitrogen and oxygen atoms in total. The molecule has 9 heteroatoms. The largest absolute Gasteiger partial charge is 0.508 e. The minimum atomic E-state index is -1.09.